The van der Waals surface area contributed by atoms with Gasteiger partial charge in [0, 0.05) is 23.5 Å². The van der Waals surface area contributed by atoms with E-state index in [9.17, 15) is 22.8 Å². The first-order chi connectivity index (χ1) is 16.8. The lowest BCUT2D eigenvalue weighted by molar-refractivity contribution is -0.123. The van der Waals surface area contributed by atoms with Gasteiger partial charge in [0.2, 0.25) is 0 Å². The van der Waals surface area contributed by atoms with Gasteiger partial charge in [-0.3, -0.25) is 9.69 Å². The van der Waals surface area contributed by atoms with Gasteiger partial charge >= 0.3 is 6.03 Å². The van der Waals surface area contributed by atoms with Crippen LogP contribution in [0.25, 0.3) is 0 Å². The van der Waals surface area contributed by atoms with E-state index in [1.165, 1.54) is 59.0 Å². The molecule has 0 aromatic heterocycles. The number of nitrogens with zero attached hydrogens (tertiary/aromatic N) is 2. The highest BCUT2D eigenvalue weighted by Crippen LogP contribution is 2.55. The normalized spacial score (nSPS) is 18.8. The molecule has 3 aromatic rings. The molecule has 3 amide bonds. The molecule has 2 heterocycles. The molecular weight excluding hydrogens is 479 g/mol. The Kier molecular flexibility index (Phi) is 5.84. The van der Waals surface area contributed by atoms with E-state index < -0.39 is 28.4 Å². The predicted octanol–water partition coefficient (Wildman–Crippen LogP) is 5.09. The summed E-state index contributed by atoms with van der Waals surface area (Å²) >= 11 is 1.32. The molecule has 1 atom stereocenters. The fourth-order valence-electron chi connectivity index (χ4n) is 4.42. The molecular formula is C25H20F3N3O3S. The van der Waals surface area contributed by atoms with Gasteiger partial charge in [-0.2, -0.15) is 0 Å². The summed E-state index contributed by atoms with van der Waals surface area (Å²) in [7, 11) is 1.50. The van der Waals surface area contributed by atoms with Crippen molar-refractivity contribution in [3.8, 4) is 5.75 Å². The largest absolute Gasteiger partial charge is 0.497 e. The second kappa shape index (κ2) is 8.84. The SMILES string of the molecule is COc1ccc2c(c1)[C@]1(SCCN1C(=O)Nc1ccc(F)cc1)C(=O)N2Cc1ccc(F)c(F)c1. The predicted molar refractivity (Wildman–Crippen MR) is 127 cm³/mol. The molecule has 0 radical (unpaired) electrons. The van der Waals surface area contributed by atoms with Crippen molar-refractivity contribution in [2.24, 2.45) is 0 Å². The number of nitrogens with one attached hydrogen (secondary N) is 1. The molecule has 180 valence electrons. The average Bonchev–Trinajstić information content (AvgIpc) is 3.40. The lowest BCUT2D eigenvalue weighted by Crippen LogP contribution is -2.51. The molecule has 0 bridgehead atoms. The van der Waals surface area contributed by atoms with Crippen molar-refractivity contribution in [1.82, 2.24) is 4.90 Å². The molecule has 1 N–H and O–H groups in total. The minimum Gasteiger partial charge on any atom is -0.497 e. The highest BCUT2D eigenvalue weighted by molar-refractivity contribution is 8.01. The van der Waals surface area contributed by atoms with E-state index in [-0.39, 0.29) is 12.5 Å². The minimum absolute atomic E-state index is 0.00884. The average molecular weight is 500 g/mol. The first-order valence-corrected chi connectivity index (χ1v) is 11.7. The Hall–Kier alpha value is -3.66. The van der Waals surface area contributed by atoms with E-state index in [0.717, 1.165) is 12.1 Å². The van der Waals surface area contributed by atoms with Crippen LogP contribution in [0.3, 0.4) is 0 Å². The number of thioether (sulfide) groups is 1. The summed E-state index contributed by atoms with van der Waals surface area (Å²) < 4.78 is 46.0. The van der Waals surface area contributed by atoms with Crippen LogP contribution in [0.4, 0.5) is 29.3 Å². The standard InChI is InChI=1S/C25H20F3N3O3S/c1-34-18-7-9-22-19(13-18)25(23(32)30(22)14-15-2-8-20(27)21(28)12-15)31(10-11-35-25)24(33)29-17-5-3-16(26)4-6-17/h2-9,12-13H,10-11,14H2,1H3,(H,29,33)/t25-/m0/s1. The van der Waals surface area contributed by atoms with Crippen molar-refractivity contribution >= 4 is 35.1 Å². The Morgan fingerprint density at radius 1 is 1.06 bits per heavy atom. The number of halogens is 3. The number of methoxy groups -OCH3 is 1. The van der Waals surface area contributed by atoms with Gasteiger partial charge in [0.25, 0.3) is 5.91 Å². The molecule has 6 nitrogen and oxygen atoms in total. The maximum absolute atomic E-state index is 14.0. The van der Waals surface area contributed by atoms with Crippen LogP contribution in [0.1, 0.15) is 11.1 Å². The van der Waals surface area contributed by atoms with Gasteiger partial charge in [0.15, 0.2) is 16.5 Å². The van der Waals surface area contributed by atoms with Gasteiger partial charge in [-0.15, -0.1) is 11.8 Å². The number of carbonyl (C=O) groups is 2. The third-order valence-corrected chi connectivity index (χ3v) is 7.49. The zero-order valence-electron chi connectivity index (χ0n) is 18.6. The van der Waals surface area contributed by atoms with Crippen LogP contribution in [-0.2, 0) is 16.2 Å². The number of urea groups is 1. The molecule has 0 unspecified atom stereocenters. The van der Waals surface area contributed by atoms with Gasteiger partial charge in [-0.05, 0) is 60.2 Å². The summed E-state index contributed by atoms with van der Waals surface area (Å²) in [4.78, 5) is 28.9. The molecule has 35 heavy (non-hydrogen) atoms. The summed E-state index contributed by atoms with van der Waals surface area (Å²) in [5.74, 6) is -1.78. The van der Waals surface area contributed by atoms with Gasteiger partial charge in [-0.1, -0.05) is 6.07 Å². The Morgan fingerprint density at radius 3 is 2.54 bits per heavy atom. The van der Waals surface area contributed by atoms with Crippen molar-refractivity contribution in [2.45, 2.75) is 11.4 Å². The Labute approximate surface area is 203 Å². The van der Waals surface area contributed by atoms with E-state index in [4.69, 9.17) is 4.74 Å². The fourth-order valence-corrected chi connectivity index (χ4v) is 5.88. The summed E-state index contributed by atoms with van der Waals surface area (Å²) in [6, 6.07) is 13.4. The number of amides is 3. The van der Waals surface area contributed by atoms with Crippen LogP contribution in [0.5, 0.6) is 5.75 Å². The number of hydrogen-bond donors (Lipinski definition) is 1. The van der Waals surface area contributed by atoms with Gasteiger partial charge in [-0.25, -0.2) is 18.0 Å². The first kappa shape index (κ1) is 23.1. The molecule has 1 spiro atoms. The molecule has 1 fully saturated rings. The van der Waals surface area contributed by atoms with Crippen molar-refractivity contribution in [1.29, 1.82) is 0 Å². The van der Waals surface area contributed by atoms with E-state index in [0.29, 0.717) is 40.5 Å². The molecule has 5 rings (SSSR count). The van der Waals surface area contributed by atoms with E-state index in [2.05, 4.69) is 5.32 Å². The maximum Gasteiger partial charge on any atom is 0.323 e. The Bertz CT molecular complexity index is 1320. The smallest absolute Gasteiger partial charge is 0.323 e. The number of anilines is 2. The fraction of sp³-hybridized carbons (Fsp3) is 0.200. The van der Waals surface area contributed by atoms with E-state index in [1.54, 1.807) is 18.2 Å². The van der Waals surface area contributed by atoms with Crippen LogP contribution in [0.2, 0.25) is 0 Å². The topological polar surface area (TPSA) is 61.9 Å². The minimum atomic E-state index is -1.37. The van der Waals surface area contributed by atoms with Crippen LogP contribution in [0.15, 0.2) is 60.7 Å². The van der Waals surface area contributed by atoms with Crippen LogP contribution < -0.4 is 15.0 Å². The molecule has 2 aliphatic rings. The number of ether oxygens (including phenoxy) is 1. The molecule has 10 heteroatoms. The molecule has 2 aliphatic heterocycles. The molecule has 0 aliphatic carbocycles. The molecule has 1 saturated heterocycles. The Balaban J connectivity index is 1.54. The summed E-state index contributed by atoms with van der Waals surface area (Å²) in [5, 5.41) is 2.73. The second-order valence-corrected chi connectivity index (χ2v) is 9.39. The number of rotatable bonds is 4. The highest BCUT2D eigenvalue weighted by Gasteiger charge is 2.59. The number of fused-ring (bicyclic) bond motifs is 2. The molecule has 3 aromatic carbocycles. The van der Waals surface area contributed by atoms with E-state index in [1.807, 2.05) is 0 Å². The second-order valence-electron chi connectivity index (χ2n) is 8.10. The van der Waals surface area contributed by atoms with Crippen molar-refractivity contribution < 1.29 is 27.5 Å². The number of benzene rings is 3. The summed E-state index contributed by atoms with van der Waals surface area (Å²) in [6.07, 6.45) is 0. The van der Waals surface area contributed by atoms with Crippen molar-refractivity contribution in [3.63, 3.8) is 0 Å². The maximum atomic E-state index is 14.0. The zero-order chi connectivity index (χ0) is 24.7. The third kappa shape index (κ3) is 3.87. The van der Waals surface area contributed by atoms with Gasteiger partial charge in [0.1, 0.15) is 11.6 Å². The first-order valence-electron chi connectivity index (χ1n) is 10.8. The van der Waals surface area contributed by atoms with Gasteiger partial charge in [0.05, 0.1) is 19.3 Å². The number of hydrogen-bond acceptors (Lipinski definition) is 4. The van der Waals surface area contributed by atoms with Crippen LogP contribution >= 0.6 is 11.8 Å². The lowest BCUT2D eigenvalue weighted by Gasteiger charge is -2.33. The highest BCUT2D eigenvalue weighted by atomic mass is 32.2. The third-order valence-electron chi connectivity index (χ3n) is 6.07. The van der Waals surface area contributed by atoms with Crippen LogP contribution in [0, 0.1) is 17.5 Å². The van der Waals surface area contributed by atoms with Crippen molar-refractivity contribution in [3.05, 3.63) is 89.2 Å². The molecule has 0 saturated carbocycles. The van der Waals surface area contributed by atoms with E-state index >= 15 is 0 Å². The lowest BCUT2D eigenvalue weighted by atomic mass is 10.1. The summed E-state index contributed by atoms with van der Waals surface area (Å²) in [5.41, 5.74) is 1.91. The quantitative estimate of drug-likeness (QED) is 0.543. The van der Waals surface area contributed by atoms with Crippen molar-refractivity contribution in [2.75, 3.05) is 29.6 Å². The Morgan fingerprint density at radius 2 is 1.83 bits per heavy atom. The number of carbonyl (C=O) groups excluding carboxylic acids is 2. The van der Waals surface area contributed by atoms with Crippen LogP contribution in [-0.4, -0.2) is 36.2 Å². The zero-order valence-corrected chi connectivity index (χ0v) is 19.4. The monoisotopic (exact) mass is 499 g/mol. The van der Waals surface area contributed by atoms with Gasteiger partial charge < -0.3 is 15.0 Å². The summed E-state index contributed by atoms with van der Waals surface area (Å²) in [6.45, 7) is 0.282.